The van der Waals surface area contributed by atoms with Crippen LogP contribution in [0.15, 0.2) is 23.1 Å². The molecule has 0 unspecified atom stereocenters. The second-order valence-corrected chi connectivity index (χ2v) is 8.27. The Labute approximate surface area is 146 Å². The SMILES string of the molecule is CS(=O)(=O)c1ccc(NCCNC(=O)C2(N)CCCC2)c([N+](=O)[O-])c1. The number of nitro benzene ring substituents is 1. The molecule has 0 aromatic heterocycles. The number of nitrogens with one attached hydrogen (secondary N) is 2. The number of sulfone groups is 1. The van der Waals surface area contributed by atoms with Crippen molar-refractivity contribution in [3.8, 4) is 0 Å². The Balaban J connectivity index is 1.96. The lowest BCUT2D eigenvalue weighted by molar-refractivity contribution is -0.384. The van der Waals surface area contributed by atoms with Gasteiger partial charge in [0.25, 0.3) is 5.69 Å². The van der Waals surface area contributed by atoms with Crippen molar-refractivity contribution in [3.63, 3.8) is 0 Å². The summed E-state index contributed by atoms with van der Waals surface area (Å²) in [6.07, 6.45) is 4.16. The van der Waals surface area contributed by atoms with Gasteiger partial charge in [-0.15, -0.1) is 0 Å². The van der Waals surface area contributed by atoms with Crippen molar-refractivity contribution in [3.05, 3.63) is 28.3 Å². The highest BCUT2D eigenvalue weighted by molar-refractivity contribution is 7.90. The molecule has 1 saturated carbocycles. The molecule has 1 aliphatic carbocycles. The molecule has 2 rings (SSSR count). The fourth-order valence-corrected chi connectivity index (χ4v) is 3.47. The van der Waals surface area contributed by atoms with E-state index < -0.39 is 20.3 Å². The number of nitro groups is 1. The van der Waals surface area contributed by atoms with E-state index in [0.717, 1.165) is 25.2 Å². The lowest BCUT2D eigenvalue weighted by Crippen LogP contribution is -2.52. The number of nitrogens with zero attached hydrogens (tertiary/aromatic N) is 1. The molecule has 0 spiro atoms. The van der Waals surface area contributed by atoms with E-state index in [1.54, 1.807) is 0 Å². The number of carbonyl (C=O) groups excluding carboxylic acids is 1. The second-order valence-electron chi connectivity index (χ2n) is 6.25. The molecule has 0 atom stereocenters. The average molecular weight is 370 g/mol. The molecule has 25 heavy (non-hydrogen) atoms. The third kappa shape index (κ3) is 4.67. The molecule has 0 aliphatic heterocycles. The fraction of sp³-hybridized carbons (Fsp3) is 0.533. The highest BCUT2D eigenvalue weighted by Crippen LogP contribution is 2.28. The largest absolute Gasteiger partial charge is 0.378 e. The van der Waals surface area contributed by atoms with Crippen LogP contribution >= 0.6 is 0 Å². The summed E-state index contributed by atoms with van der Waals surface area (Å²) in [6.45, 7) is 0.504. The Morgan fingerprint density at radius 1 is 1.32 bits per heavy atom. The first kappa shape index (κ1) is 19.1. The molecule has 138 valence electrons. The lowest BCUT2D eigenvalue weighted by Gasteiger charge is -2.22. The summed E-state index contributed by atoms with van der Waals surface area (Å²) in [7, 11) is -3.53. The Bertz CT molecular complexity index is 772. The number of rotatable bonds is 7. The van der Waals surface area contributed by atoms with Crippen LogP contribution in [-0.4, -0.2) is 44.1 Å². The van der Waals surface area contributed by atoms with Gasteiger partial charge in [-0.25, -0.2) is 8.42 Å². The van der Waals surface area contributed by atoms with E-state index >= 15 is 0 Å². The maximum atomic E-state index is 12.1. The van der Waals surface area contributed by atoms with E-state index in [4.69, 9.17) is 5.73 Å². The van der Waals surface area contributed by atoms with Crippen molar-refractivity contribution in [2.45, 2.75) is 36.1 Å². The van der Waals surface area contributed by atoms with E-state index in [2.05, 4.69) is 10.6 Å². The predicted octanol–water partition coefficient (Wildman–Crippen LogP) is 0.798. The van der Waals surface area contributed by atoms with E-state index in [9.17, 15) is 23.3 Å². The summed E-state index contributed by atoms with van der Waals surface area (Å²) < 4.78 is 23.0. The van der Waals surface area contributed by atoms with Gasteiger partial charge in [0.05, 0.1) is 15.4 Å². The topological polar surface area (TPSA) is 144 Å². The van der Waals surface area contributed by atoms with Crippen LogP contribution in [0.2, 0.25) is 0 Å². The number of benzene rings is 1. The summed E-state index contributed by atoms with van der Waals surface area (Å²) in [5.41, 5.74) is 5.08. The highest BCUT2D eigenvalue weighted by Gasteiger charge is 2.36. The zero-order valence-electron chi connectivity index (χ0n) is 13.9. The quantitative estimate of drug-likeness (QED) is 0.366. The van der Waals surface area contributed by atoms with E-state index in [1.807, 2.05) is 0 Å². The van der Waals surface area contributed by atoms with Gasteiger partial charge in [0, 0.05) is 25.4 Å². The molecule has 0 heterocycles. The van der Waals surface area contributed by atoms with Gasteiger partial charge in [-0.3, -0.25) is 14.9 Å². The number of hydrogen-bond donors (Lipinski definition) is 3. The normalized spacial score (nSPS) is 16.4. The van der Waals surface area contributed by atoms with Gasteiger partial charge in [-0.2, -0.15) is 0 Å². The molecule has 0 radical (unpaired) electrons. The molecule has 10 heteroatoms. The van der Waals surface area contributed by atoms with Crippen LogP contribution in [0.5, 0.6) is 0 Å². The highest BCUT2D eigenvalue weighted by atomic mass is 32.2. The van der Waals surface area contributed by atoms with Crippen molar-refractivity contribution in [2.24, 2.45) is 5.73 Å². The van der Waals surface area contributed by atoms with Crippen LogP contribution in [0.1, 0.15) is 25.7 Å². The second kappa shape index (κ2) is 7.36. The average Bonchev–Trinajstić information content (AvgIpc) is 2.98. The van der Waals surface area contributed by atoms with Gasteiger partial charge in [0.1, 0.15) is 5.69 Å². The van der Waals surface area contributed by atoms with E-state index in [-0.39, 0.29) is 35.3 Å². The van der Waals surface area contributed by atoms with Crippen LogP contribution in [0, 0.1) is 10.1 Å². The maximum Gasteiger partial charge on any atom is 0.293 e. The predicted molar refractivity (Wildman–Crippen MR) is 93.1 cm³/mol. The van der Waals surface area contributed by atoms with E-state index in [1.165, 1.54) is 12.1 Å². The van der Waals surface area contributed by atoms with Crippen LogP contribution in [0.4, 0.5) is 11.4 Å². The Morgan fingerprint density at radius 2 is 1.96 bits per heavy atom. The van der Waals surface area contributed by atoms with Gasteiger partial charge in [-0.05, 0) is 25.0 Å². The standard InChI is InChI=1S/C15H22N4O5S/c1-25(23,24)11-4-5-12(13(10-11)19(21)22)17-8-9-18-14(20)15(16)6-2-3-7-15/h4-5,10,17H,2-3,6-9,16H2,1H3,(H,18,20). The van der Waals surface area contributed by atoms with Crippen molar-refractivity contribution in [1.29, 1.82) is 0 Å². The number of hydrogen-bond acceptors (Lipinski definition) is 7. The van der Waals surface area contributed by atoms with Gasteiger partial charge < -0.3 is 16.4 Å². The molecule has 1 fully saturated rings. The number of nitrogens with two attached hydrogens (primary N) is 1. The minimum Gasteiger partial charge on any atom is -0.378 e. The molecule has 4 N–H and O–H groups in total. The number of carbonyl (C=O) groups is 1. The van der Waals surface area contributed by atoms with Gasteiger partial charge in [-0.1, -0.05) is 12.8 Å². The summed E-state index contributed by atoms with van der Waals surface area (Å²) in [5, 5.41) is 16.7. The number of amides is 1. The minimum atomic E-state index is -3.53. The zero-order chi connectivity index (χ0) is 18.7. The van der Waals surface area contributed by atoms with Crippen molar-refractivity contribution < 1.29 is 18.1 Å². The first-order valence-corrected chi connectivity index (χ1v) is 9.82. The van der Waals surface area contributed by atoms with Crippen LogP contribution < -0.4 is 16.4 Å². The number of anilines is 1. The summed E-state index contributed by atoms with van der Waals surface area (Å²) in [5.74, 6) is -0.214. The van der Waals surface area contributed by atoms with Gasteiger partial charge in [0.15, 0.2) is 9.84 Å². The summed E-state index contributed by atoms with van der Waals surface area (Å²) >= 11 is 0. The molecule has 0 saturated heterocycles. The van der Waals surface area contributed by atoms with Crippen LogP contribution in [-0.2, 0) is 14.6 Å². The molecule has 0 bridgehead atoms. The van der Waals surface area contributed by atoms with Crippen LogP contribution in [0.3, 0.4) is 0 Å². The molecule has 9 nitrogen and oxygen atoms in total. The van der Waals surface area contributed by atoms with Crippen molar-refractivity contribution in [1.82, 2.24) is 5.32 Å². The smallest absolute Gasteiger partial charge is 0.293 e. The summed E-state index contributed by atoms with van der Waals surface area (Å²) in [6, 6.07) is 3.66. The Morgan fingerprint density at radius 3 is 2.52 bits per heavy atom. The fourth-order valence-electron chi connectivity index (χ4n) is 2.82. The molecular weight excluding hydrogens is 348 g/mol. The maximum absolute atomic E-state index is 12.1. The van der Waals surface area contributed by atoms with Crippen molar-refractivity contribution >= 4 is 27.1 Å². The Hall–Kier alpha value is -2.20. The Kier molecular flexibility index (Phi) is 5.63. The minimum absolute atomic E-state index is 0.121. The van der Waals surface area contributed by atoms with E-state index in [0.29, 0.717) is 12.8 Å². The molecule has 1 aromatic carbocycles. The third-order valence-corrected chi connectivity index (χ3v) is 5.38. The first-order valence-electron chi connectivity index (χ1n) is 7.93. The van der Waals surface area contributed by atoms with Crippen molar-refractivity contribution in [2.75, 3.05) is 24.7 Å². The van der Waals surface area contributed by atoms with Gasteiger partial charge >= 0.3 is 0 Å². The molecule has 1 aromatic rings. The monoisotopic (exact) mass is 370 g/mol. The molecule has 1 aliphatic rings. The lowest BCUT2D eigenvalue weighted by atomic mass is 9.98. The first-order chi connectivity index (χ1) is 11.6. The summed E-state index contributed by atoms with van der Waals surface area (Å²) in [4.78, 5) is 22.4. The van der Waals surface area contributed by atoms with Gasteiger partial charge in [0.2, 0.25) is 5.91 Å². The molecular formula is C15H22N4O5S. The third-order valence-electron chi connectivity index (χ3n) is 4.27. The zero-order valence-corrected chi connectivity index (χ0v) is 14.8. The molecule has 1 amide bonds. The van der Waals surface area contributed by atoms with Crippen LogP contribution in [0.25, 0.3) is 0 Å².